The summed E-state index contributed by atoms with van der Waals surface area (Å²) in [5.74, 6) is 4.27. The van der Waals surface area contributed by atoms with Crippen molar-refractivity contribution in [2.75, 3.05) is 38.1 Å². The van der Waals surface area contributed by atoms with E-state index in [9.17, 15) is 0 Å². The summed E-state index contributed by atoms with van der Waals surface area (Å²) >= 11 is 0. The summed E-state index contributed by atoms with van der Waals surface area (Å²) in [6.07, 6.45) is 8.78. The Labute approximate surface area is 173 Å². The minimum Gasteiger partial charge on any atom is -0.469 e. The van der Waals surface area contributed by atoms with E-state index in [4.69, 9.17) is 10.8 Å². The van der Waals surface area contributed by atoms with Crippen molar-refractivity contribution in [3.8, 4) is 12.3 Å². The molecular weight excluding hydrogens is 439 g/mol. The van der Waals surface area contributed by atoms with E-state index in [0.29, 0.717) is 6.54 Å². The van der Waals surface area contributed by atoms with Gasteiger partial charge in [-0.05, 0) is 30.7 Å². The van der Waals surface area contributed by atoms with Crippen LogP contribution in [0.2, 0.25) is 0 Å². The predicted octanol–water partition coefficient (Wildman–Crippen LogP) is 3.14. The lowest BCUT2D eigenvalue weighted by molar-refractivity contribution is 0.507. The van der Waals surface area contributed by atoms with E-state index in [2.05, 4.69) is 57.8 Å². The number of hydrogen-bond acceptors (Lipinski definition) is 3. The number of terminal acetylenes is 1. The van der Waals surface area contributed by atoms with Crippen molar-refractivity contribution in [2.24, 2.45) is 4.99 Å². The van der Waals surface area contributed by atoms with Crippen molar-refractivity contribution in [1.29, 1.82) is 0 Å². The van der Waals surface area contributed by atoms with Gasteiger partial charge < -0.3 is 20.0 Å². The summed E-state index contributed by atoms with van der Waals surface area (Å²) in [5, 5.41) is 6.41. The maximum Gasteiger partial charge on any atom is 0.192 e. The van der Waals surface area contributed by atoms with Crippen molar-refractivity contribution < 1.29 is 4.42 Å². The van der Waals surface area contributed by atoms with E-state index in [1.54, 1.807) is 6.26 Å². The van der Waals surface area contributed by atoms with Crippen molar-refractivity contribution in [1.82, 2.24) is 10.6 Å². The summed E-state index contributed by atoms with van der Waals surface area (Å²) in [6.45, 7) is 2.88. The molecule has 140 valence electrons. The van der Waals surface area contributed by atoms with Gasteiger partial charge in [-0.3, -0.25) is 4.99 Å². The maximum absolute atomic E-state index is 5.33. The highest BCUT2D eigenvalue weighted by molar-refractivity contribution is 14.0. The fourth-order valence-corrected chi connectivity index (χ4v) is 2.38. The van der Waals surface area contributed by atoms with Gasteiger partial charge in [-0.25, -0.2) is 0 Å². The van der Waals surface area contributed by atoms with E-state index in [-0.39, 0.29) is 24.0 Å². The minimum atomic E-state index is 0. The quantitative estimate of drug-likeness (QED) is 0.196. The molecular formula is C20H27IN4O. The molecule has 1 heterocycles. The summed E-state index contributed by atoms with van der Waals surface area (Å²) in [5.41, 5.74) is 1.22. The zero-order valence-electron chi connectivity index (χ0n) is 15.1. The average Bonchev–Trinajstić information content (AvgIpc) is 3.16. The second-order valence-electron chi connectivity index (χ2n) is 5.65. The number of aliphatic imine (C=N–C) groups is 1. The maximum atomic E-state index is 5.33. The number of anilines is 1. The zero-order chi connectivity index (χ0) is 17.7. The van der Waals surface area contributed by atoms with Crippen LogP contribution in [-0.2, 0) is 6.42 Å². The molecule has 26 heavy (non-hydrogen) atoms. The van der Waals surface area contributed by atoms with E-state index in [1.807, 2.05) is 18.2 Å². The highest BCUT2D eigenvalue weighted by Gasteiger charge is 2.01. The lowest BCUT2D eigenvalue weighted by Gasteiger charge is -2.18. The molecule has 6 heteroatoms. The van der Waals surface area contributed by atoms with Crippen LogP contribution in [0.1, 0.15) is 12.2 Å². The molecule has 5 nitrogen and oxygen atoms in total. The smallest absolute Gasteiger partial charge is 0.192 e. The second-order valence-corrected chi connectivity index (χ2v) is 5.65. The number of guanidine groups is 1. The van der Waals surface area contributed by atoms with Crippen molar-refractivity contribution in [3.63, 3.8) is 0 Å². The van der Waals surface area contributed by atoms with Crippen LogP contribution in [0.25, 0.3) is 0 Å². The molecule has 0 aliphatic heterocycles. The predicted molar refractivity (Wildman–Crippen MR) is 119 cm³/mol. The number of benzene rings is 1. The molecule has 0 amide bonds. The number of para-hydroxylation sites is 1. The first-order chi connectivity index (χ1) is 12.3. The molecule has 0 fully saturated rings. The average molecular weight is 466 g/mol. The molecule has 0 bridgehead atoms. The fourth-order valence-electron chi connectivity index (χ4n) is 2.38. The number of halogens is 1. The summed E-state index contributed by atoms with van der Waals surface area (Å²) in [7, 11) is 2.10. The van der Waals surface area contributed by atoms with E-state index < -0.39 is 0 Å². The Morgan fingerprint density at radius 1 is 1.19 bits per heavy atom. The lowest BCUT2D eigenvalue weighted by atomic mass is 10.3. The Hall–Kier alpha value is -2.14. The summed E-state index contributed by atoms with van der Waals surface area (Å²) in [4.78, 5) is 6.82. The normalized spacial score (nSPS) is 10.5. The first-order valence-corrected chi connectivity index (χ1v) is 8.54. The molecule has 0 saturated carbocycles. The molecule has 0 saturated heterocycles. The monoisotopic (exact) mass is 466 g/mol. The van der Waals surface area contributed by atoms with Crippen LogP contribution in [0.5, 0.6) is 0 Å². The Morgan fingerprint density at radius 2 is 2.00 bits per heavy atom. The number of hydrogen-bond donors (Lipinski definition) is 2. The highest BCUT2D eigenvalue weighted by Crippen LogP contribution is 2.10. The molecule has 2 rings (SSSR count). The summed E-state index contributed by atoms with van der Waals surface area (Å²) in [6, 6.07) is 14.2. The molecule has 0 unspecified atom stereocenters. The van der Waals surface area contributed by atoms with Gasteiger partial charge in [0.05, 0.1) is 12.8 Å². The van der Waals surface area contributed by atoms with Gasteiger partial charge in [0.25, 0.3) is 0 Å². The van der Waals surface area contributed by atoms with Crippen LogP contribution in [0.4, 0.5) is 5.69 Å². The molecule has 1 aromatic heterocycles. The Morgan fingerprint density at radius 3 is 2.69 bits per heavy atom. The van der Waals surface area contributed by atoms with Crippen LogP contribution >= 0.6 is 24.0 Å². The van der Waals surface area contributed by atoms with Crippen molar-refractivity contribution in [3.05, 3.63) is 54.5 Å². The lowest BCUT2D eigenvalue weighted by Crippen LogP contribution is -2.38. The zero-order valence-corrected chi connectivity index (χ0v) is 17.5. The topological polar surface area (TPSA) is 52.8 Å². The number of furan rings is 1. The number of nitrogens with zero attached hydrogens (tertiary/aromatic N) is 2. The second kappa shape index (κ2) is 13.1. The van der Waals surface area contributed by atoms with Crippen LogP contribution < -0.4 is 15.5 Å². The molecule has 1 aromatic carbocycles. The first-order valence-electron chi connectivity index (χ1n) is 8.54. The van der Waals surface area contributed by atoms with Gasteiger partial charge in [0, 0.05) is 38.8 Å². The molecule has 0 atom stereocenters. The van der Waals surface area contributed by atoms with Crippen LogP contribution in [-0.4, -0.2) is 39.2 Å². The van der Waals surface area contributed by atoms with Crippen LogP contribution in [0.3, 0.4) is 0 Å². The summed E-state index contributed by atoms with van der Waals surface area (Å²) < 4.78 is 5.33. The van der Waals surface area contributed by atoms with Crippen LogP contribution in [0.15, 0.2) is 58.1 Å². The third-order valence-electron chi connectivity index (χ3n) is 3.72. The molecule has 0 radical (unpaired) electrons. The molecule has 0 spiro atoms. The Kier molecular flexibility index (Phi) is 11.0. The third-order valence-corrected chi connectivity index (χ3v) is 3.72. The van der Waals surface area contributed by atoms with Crippen LogP contribution in [0, 0.1) is 12.3 Å². The molecule has 0 aliphatic carbocycles. The van der Waals surface area contributed by atoms with Crippen molar-refractivity contribution >= 4 is 35.6 Å². The SMILES string of the molecule is C#CCNC(=NCCCN(C)c1ccccc1)NCCc1ccco1.I. The Bertz CT molecular complexity index is 665. The third kappa shape index (κ3) is 8.30. The van der Waals surface area contributed by atoms with Gasteiger partial charge in [-0.15, -0.1) is 30.4 Å². The molecule has 0 aliphatic rings. The molecule has 2 aromatic rings. The fraction of sp³-hybridized carbons (Fsp3) is 0.350. The number of rotatable bonds is 9. The highest BCUT2D eigenvalue weighted by atomic mass is 127. The van der Waals surface area contributed by atoms with Gasteiger partial charge in [0.1, 0.15) is 5.76 Å². The minimum absolute atomic E-state index is 0. The van der Waals surface area contributed by atoms with E-state index in [0.717, 1.165) is 44.2 Å². The Balaban J connectivity index is 0.00000338. The van der Waals surface area contributed by atoms with Gasteiger partial charge in [0.15, 0.2) is 5.96 Å². The first kappa shape index (κ1) is 21.9. The van der Waals surface area contributed by atoms with Gasteiger partial charge in [-0.1, -0.05) is 24.1 Å². The number of nitrogens with one attached hydrogen (secondary N) is 2. The van der Waals surface area contributed by atoms with Gasteiger partial charge in [0.2, 0.25) is 0 Å². The standard InChI is InChI=1S/C20H26N4O.HI/c1-3-13-21-20(23-15-12-19-11-7-17-25-19)22-14-8-16-24(2)18-9-5-4-6-10-18;/h1,4-7,9-11,17H,8,12-16H2,2H3,(H2,21,22,23);1H. The van der Waals surface area contributed by atoms with E-state index >= 15 is 0 Å². The van der Waals surface area contributed by atoms with E-state index in [1.165, 1.54) is 5.69 Å². The molecule has 2 N–H and O–H groups in total. The van der Waals surface area contributed by atoms with Gasteiger partial charge in [-0.2, -0.15) is 0 Å². The largest absolute Gasteiger partial charge is 0.469 e. The van der Waals surface area contributed by atoms with Gasteiger partial charge >= 0.3 is 0 Å². The van der Waals surface area contributed by atoms with Crippen molar-refractivity contribution in [2.45, 2.75) is 12.8 Å².